The van der Waals surface area contributed by atoms with Crippen molar-refractivity contribution in [2.75, 3.05) is 37.6 Å². The van der Waals surface area contributed by atoms with Crippen molar-refractivity contribution in [1.29, 1.82) is 0 Å². The normalized spacial score (nSPS) is 18.1. The van der Waals surface area contributed by atoms with Gasteiger partial charge in [-0.15, -0.1) is 11.3 Å². The van der Waals surface area contributed by atoms with Crippen molar-refractivity contribution >= 4 is 28.3 Å². The Morgan fingerprint density at radius 3 is 2.71 bits per heavy atom. The van der Waals surface area contributed by atoms with E-state index in [-0.39, 0.29) is 11.8 Å². The monoisotopic (exact) mass is 398 g/mol. The van der Waals surface area contributed by atoms with Gasteiger partial charge in [0.2, 0.25) is 11.8 Å². The fraction of sp³-hybridized carbons (Fsp3) is 0.476. The van der Waals surface area contributed by atoms with E-state index in [4.69, 9.17) is 0 Å². The summed E-state index contributed by atoms with van der Waals surface area (Å²) in [5, 5.41) is 2.64. The van der Waals surface area contributed by atoms with E-state index >= 15 is 0 Å². The van der Waals surface area contributed by atoms with Crippen LogP contribution in [0.15, 0.2) is 29.6 Å². The molecule has 28 heavy (non-hydrogen) atoms. The molecule has 2 aliphatic heterocycles. The molecule has 0 radical (unpaired) electrons. The number of nitrogens with zero attached hydrogens (tertiary/aromatic N) is 4. The van der Waals surface area contributed by atoms with E-state index in [1.54, 1.807) is 4.90 Å². The highest BCUT2D eigenvalue weighted by Crippen LogP contribution is 2.25. The number of aryl methyl sites for hydroxylation is 1. The zero-order valence-electron chi connectivity index (χ0n) is 16.3. The van der Waals surface area contributed by atoms with Crippen LogP contribution in [0.2, 0.25) is 0 Å². The summed E-state index contributed by atoms with van der Waals surface area (Å²) in [5.41, 5.74) is 3.38. The van der Waals surface area contributed by atoms with E-state index < -0.39 is 0 Å². The zero-order chi connectivity index (χ0) is 19.5. The quantitative estimate of drug-likeness (QED) is 0.776. The number of aromatic nitrogens is 1. The molecule has 4 rings (SSSR count). The predicted octanol–water partition coefficient (Wildman–Crippen LogP) is 2.47. The first-order valence-corrected chi connectivity index (χ1v) is 10.8. The molecule has 6 nitrogen and oxygen atoms in total. The molecule has 0 saturated carbocycles. The number of carbonyl (C=O) groups is 2. The average Bonchev–Trinajstić information content (AvgIpc) is 3.31. The van der Waals surface area contributed by atoms with Crippen molar-refractivity contribution in [3.8, 4) is 0 Å². The van der Waals surface area contributed by atoms with Gasteiger partial charge < -0.3 is 4.90 Å². The molecule has 3 heterocycles. The maximum atomic E-state index is 12.7. The fourth-order valence-corrected chi connectivity index (χ4v) is 4.71. The predicted molar refractivity (Wildman–Crippen MR) is 110 cm³/mol. The number of hydrogen-bond acceptors (Lipinski definition) is 5. The molecule has 2 fully saturated rings. The van der Waals surface area contributed by atoms with Gasteiger partial charge in [0.1, 0.15) is 0 Å². The van der Waals surface area contributed by atoms with Crippen molar-refractivity contribution in [3.05, 3.63) is 46.5 Å². The topological polar surface area (TPSA) is 56.8 Å². The van der Waals surface area contributed by atoms with Gasteiger partial charge in [-0.05, 0) is 18.9 Å². The summed E-state index contributed by atoms with van der Waals surface area (Å²) in [6.07, 6.45) is 1.80. The number of rotatable bonds is 5. The smallest absolute Gasteiger partial charge is 0.228 e. The average molecular weight is 399 g/mol. The van der Waals surface area contributed by atoms with Gasteiger partial charge in [0.05, 0.1) is 12.1 Å². The minimum Gasteiger partial charge on any atom is -0.340 e. The molecule has 0 unspecified atom stereocenters. The van der Waals surface area contributed by atoms with Crippen LogP contribution in [-0.4, -0.2) is 59.3 Å². The Morgan fingerprint density at radius 2 is 2.00 bits per heavy atom. The number of benzene rings is 1. The Balaban J connectivity index is 1.27. The molecule has 0 bridgehead atoms. The number of carbonyl (C=O) groups excluding carboxylic acids is 2. The summed E-state index contributed by atoms with van der Waals surface area (Å²) in [6, 6.07) is 8.60. The summed E-state index contributed by atoms with van der Waals surface area (Å²) in [7, 11) is 0. The fourth-order valence-electron chi connectivity index (χ4n) is 3.84. The van der Waals surface area contributed by atoms with Crippen LogP contribution >= 0.6 is 11.3 Å². The SMILES string of the molecule is Cc1cccc(CN2CCN(C(=O)Cc3csc(N4CCCC4=O)n3)CC2)c1. The van der Waals surface area contributed by atoms with Gasteiger partial charge in [-0.2, -0.15) is 0 Å². The van der Waals surface area contributed by atoms with E-state index in [1.165, 1.54) is 22.5 Å². The highest BCUT2D eigenvalue weighted by molar-refractivity contribution is 7.14. The largest absolute Gasteiger partial charge is 0.340 e. The summed E-state index contributed by atoms with van der Waals surface area (Å²) in [4.78, 5) is 35.1. The molecule has 1 aromatic carbocycles. The molecule has 2 aromatic rings. The van der Waals surface area contributed by atoms with E-state index in [1.807, 2.05) is 10.3 Å². The van der Waals surface area contributed by atoms with E-state index in [0.717, 1.165) is 56.5 Å². The lowest BCUT2D eigenvalue weighted by Gasteiger charge is -2.34. The summed E-state index contributed by atoms with van der Waals surface area (Å²) < 4.78 is 0. The van der Waals surface area contributed by atoms with Crippen LogP contribution in [0, 0.1) is 6.92 Å². The molecule has 1 aromatic heterocycles. The van der Waals surface area contributed by atoms with Crippen molar-refractivity contribution < 1.29 is 9.59 Å². The van der Waals surface area contributed by atoms with Gasteiger partial charge in [0.25, 0.3) is 0 Å². The van der Waals surface area contributed by atoms with Gasteiger partial charge in [-0.25, -0.2) is 4.98 Å². The van der Waals surface area contributed by atoms with Gasteiger partial charge in [-0.3, -0.25) is 19.4 Å². The third-order valence-corrected chi connectivity index (χ3v) is 6.30. The third kappa shape index (κ3) is 4.42. The highest BCUT2D eigenvalue weighted by Gasteiger charge is 2.26. The molecule has 0 N–H and O–H groups in total. The van der Waals surface area contributed by atoms with Crippen LogP contribution in [0.1, 0.15) is 29.7 Å². The second-order valence-electron chi connectivity index (χ2n) is 7.59. The van der Waals surface area contributed by atoms with Gasteiger partial charge in [0, 0.05) is 51.1 Å². The van der Waals surface area contributed by atoms with E-state index in [0.29, 0.717) is 12.8 Å². The lowest BCUT2D eigenvalue weighted by Crippen LogP contribution is -2.48. The van der Waals surface area contributed by atoms with Crippen molar-refractivity contribution in [1.82, 2.24) is 14.8 Å². The van der Waals surface area contributed by atoms with Crippen LogP contribution in [0.3, 0.4) is 0 Å². The van der Waals surface area contributed by atoms with Gasteiger partial charge in [0.15, 0.2) is 5.13 Å². The zero-order valence-corrected chi connectivity index (χ0v) is 17.1. The molecule has 0 atom stereocenters. The Bertz CT molecular complexity index is 858. The molecule has 2 amide bonds. The minimum absolute atomic E-state index is 0.125. The second kappa shape index (κ2) is 8.41. The first kappa shape index (κ1) is 19.1. The molecule has 2 aliphatic rings. The number of amides is 2. The third-order valence-electron chi connectivity index (χ3n) is 5.39. The number of anilines is 1. The Labute approximate surface area is 169 Å². The van der Waals surface area contributed by atoms with Gasteiger partial charge in [-0.1, -0.05) is 29.8 Å². The first-order valence-electron chi connectivity index (χ1n) is 9.89. The maximum absolute atomic E-state index is 12.7. The Hall–Kier alpha value is -2.25. The van der Waals surface area contributed by atoms with E-state index in [2.05, 4.69) is 41.1 Å². The minimum atomic E-state index is 0.125. The summed E-state index contributed by atoms with van der Waals surface area (Å²) in [5.74, 6) is 0.261. The van der Waals surface area contributed by atoms with Crippen LogP contribution in [0.5, 0.6) is 0 Å². The maximum Gasteiger partial charge on any atom is 0.228 e. The Morgan fingerprint density at radius 1 is 1.18 bits per heavy atom. The highest BCUT2D eigenvalue weighted by atomic mass is 32.1. The van der Waals surface area contributed by atoms with E-state index in [9.17, 15) is 9.59 Å². The summed E-state index contributed by atoms with van der Waals surface area (Å²) >= 11 is 1.46. The van der Waals surface area contributed by atoms with Crippen molar-refractivity contribution in [3.63, 3.8) is 0 Å². The van der Waals surface area contributed by atoms with Crippen LogP contribution in [-0.2, 0) is 22.6 Å². The van der Waals surface area contributed by atoms with Crippen LogP contribution < -0.4 is 4.90 Å². The second-order valence-corrected chi connectivity index (χ2v) is 8.43. The molecule has 148 valence electrons. The molecule has 0 aliphatic carbocycles. The number of thiazole rings is 1. The van der Waals surface area contributed by atoms with Crippen LogP contribution in [0.4, 0.5) is 5.13 Å². The molecule has 2 saturated heterocycles. The lowest BCUT2D eigenvalue weighted by molar-refractivity contribution is -0.132. The molecular weight excluding hydrogens is 372 g/mol. The Kier molecular flexibility index (Phi) is 5.73. The summed E-state index contributed by atoms with van der Waals surface area (Å²) in [6.45, 7) is 7.09. The molecule has 0 spiro atoms. The van der Waals surface area contributed by atoms with Gasteiger partial charge >= 0.3 is 0 Å². The first-order chi connectivity index (χ1) is 13.6. The number of piperazine rings is 1. The lowest BCUT2D eigenvalue weighted by atomic mass is 10.1. The van der Waals surface area contributed by atoms with Crippen LogP contribution in [0.25, 0.3) is 0 Å². The van der Waals surface area contributed by atoms with Crippen molar-refractivity contribution in [2.45, 2.75) is 32.7 Å². The standard InChI is InChI=1S/C21H26N4O2S/c1-16-4-2-5-17(12-16)14-23-8-10-24(11-9-23)20(27)13-18-15-28-21(22-18)25-7-3-6-19(25)26/h2,4-5,12,15H,3,6-11,13-14H2,1H3. The molecule has 7 heteroatoms. The van der Waals surface area contributed by atoms with Crippen molar-refractivity contribution in [2.24, 2.45) is 0 Å². The number of hydrogen-bond donors (Lipinski definition) is 0. The molecular formula is C21H26N4O2S.